The van der Waals surface area contributed by atoms with E-state index in [2.05, 4.69) is 14.5 Å². The molecule has 2 aromatic heterocycles. The molecule has 0 saturated heterocycles. The quantitative estimate of drug-likeness (QED) is 0.814. The molecule has 0 bridgehead atoms. The lowest BCUT2D eigenvalue weighted by Crippen LogP contribution is -2.07. The van der Waals surface area contributed by atoms with Crippen LogP contribution < -0.4 is 5.73 Å². The fourth-order valence-electron chi connectivity index (χ4n) is 3.13. The van der Waals surface area contributed by atoms with Gasteiger partial charge in [0.1, 0.15) is 11.8 Å². The van der Waals surface area contributed by atoms with Crippen LogP contribution in [0.5, 0.6) is 0 Å². The highest BCUT2D eigenvalue weighted by atomic mass is 15.1. The third kappa shape index (κ3) is 1.24. The Kier molecular flexibility index (Phi) is 1.79. The van der Waals surface area contributed by atoms with Gasteiger partial charge in [-0.25, -0.2) is 9.97 Å². The molecule has 4 nitrogen and oxygen atoms in total. The molecule has 88 valence electrons. The summed E-state index contributed by atoms with van der Waals surface area (Å²) in [7, 11) is 0. The van der Waals surface area contributed by atoms with Crippen molar-refractivity contribution in [2.45, 2.75) is 44.6 Å². The number of nitrogens with zero attached hydrogens (tertiary/aromatic N) is 3. The lowest BCUT2D eigenvalue weighted by molar-refractivity contribution is 0.623. The molecule has 2 N–H and O–H groups in total. The van der Waals surface area contributed by atoms with Crippen molar-refractivity contribution in [1.82, 2.24) is 14.5 Å². The number of fused-ring (bicyclic) bond motifs is 3. The largest absolute Gasteiger partial charge is 0.382 e. The molecule has 0 aromatic carbocycles. The molecule has 2 aromatic rings. The molecule has 0 unspecified atom stereocenters. The first-order chi connectivity index (χ1) is 8.36. The van der Waals surface area contributed by atoms with E-state index in [1.54, 1.807) is 6.33 Å². The van der Waals surface area contributed by atoms with Gasteiger partial charge in [-0.2, -0.15) is 0 Å². The standard InChI is InChI=1S/C13H16N4/c14-13-12-11(15-7-16-13)9-3-1-2-4-10(9)17(12)8-5-6-8/h7-8H,1-6H2,(H2,14,15,16). The van der Waals surface area contributed by atoms with Gasteiger partial charge in [0, 0.05) is 11.7 Å². The number of hydrogen-bond acceptors (Lipinski definition) is 3. The van der Waals surface area contributed by atoms with Gasteiger partial charge in [0.2, 0.25) is 0 Å². The van der Waals surface area contributed by atoms with Gasteiger partial charge in [-0.3, -0.25) is 0 Å². The number of nitrogens with two attached hydrogens (primary N) is 1. The van der Waals surface area contributed by atoms with Crippen molar-refractivity contribution in [3.8, 4) is 0 Å². The fourth-order valence-corrected chi connectivity index (χ4v) is 3.13. The second kappa shape index (κ2) is 3.22. The number of rotatable bonds is 1. The maximum Gasteiger partial charge on any atom is 0.151 e. The first-order valence-electron chi connectivity index (χ1n) is 6.48. The van der Waals surface area contributed by atoms with Crippen molar-refractivity contribution in [3.05, 3.63) is 17.6 Å². The second-order valence-electron chi connectivity index (χ2n) is 5.19. The maximum absolute atomic E-state index is 6.06. The molecule has 4 rings (SSSR count). The van der Waals surface area contributed by atoms with Crippen LogP contribution in [0.1, 0.15) is 43.0 Å². The average Bonchev–Trinajstić information content (AvgIpc) is 3.12. The summed E-state index contributed by atoms with van der Waals surface area (Å²) in [5.74, 6) is 0.649. The summed E-state index contributed by atoms with van der Waals surface area (Å²) in [5, 5.41) is 0. The topological polar surface area (TPSA) is 56.7 Å². The van der Waals surface area contributed by atoms with Crippen LogP contribution in [0, 0.1) is 0 Å². The first-order valence-corrected chi connectivity index (χ1v) is 6.48. The zero-order chi connectivity index (χ0) is 11.4. The zero-order valence-corrected chi connectivity index (χ0v) is 9.82. The highest BCUT2D eigenvalue weighted by molar-refractivity contribution is 5.89. The number of hydrogen-bond donors (Lipinski definition) is 1. The molecule has 17 heavy (non-hydrogen) atoms. The molecular weight excluding hydrogens is 212 g/mol. The highest BCUT2D eigenvalue weighted by Crippen LogP contribution is 2.43. The maximum atomic E-state index is 6.06. The fraction of sp³-hybridized carbons (Fsp3) is 0.538. The third-order valence-corrected chi connectivity index (χ3v) is 4.02. The summed E-state index contributed by atoms with van der Waals surface area (Å²) < 4.78 is 2.44. The van der Waals surface area contributed by atoms with Crippen LogP contribution in [0.4, 0.5) is 5.82 Å². The number of aryl methyl sites for hydroxylation is 1. The summed E-state index contributed by atoms with van der Waals surface area (Å²) in [6.07, 6.45) is 9.08. The van der Waals surface area contributed by atoms with Gasteiger partial charge in [-0.05, 0) is 44.1 Å². The van der Waals surface area contributed by atoms with Crippen molar-refractivity contribution in [2.75, 3.05) is 5.73 Å². The summed E-state index contributed by atoms with van der Waals surface area (Å²) in [5.41, 5.74) is 11.2. The zero-order valence-electron chi connectivity index (χ0n) is 9.82. The Morgan fingerprint density at radius 3 is 2.82 bits per heavy atom. The third-order valence-electron chi connectivity index (χ3n) is 4.02. The van der Waals surface area contributed by atoms with E-state index in [-0.39, 0.29) is 0 Å². The summed E-state index contributed by atoms with van der Waals surface area (Å²) in [4.78, 5) is 8.64. The normalized spacial score (nSPS) is 19.5. The molecule has 2 heterocycles. The molecule has 1 fully saturated rings. The smallest absolute Gasteiger partial charge is 0.151 e. The minimum Gasteiger partial charge on any atom is -0.382 e. The van der Waals surface area contributed by atoms with E-state index in [1.165, 1.54) is 43.4 Å². The Hall–Kier alpha value is -1.58. The Bertz CT molecular complexity index is 595. The second-order valence-corrected chi connectivity index (χ2v) is 5.19. The summed E-state index contributed by atoms with van der Waals surface area (Å²) in [6.45, 7) is 0. The lowest BCUT2D eigenvalue weighted by atomic mass is 9.97. The van der Waals surface area contributed by atoms with Gasteiger partial charge >= 0.3 is 0 Å². The molecule has 0 atom stereocenters. The van der Waals surface area contributed by atoms with E-state index in [1.807, 2.05) is 0 Å². The van der Waals surface area contributed by atoms with Crippen LogP contribution in [-0.4, -0.2) is 14.5 Å². The molecule has 1 saturated carbocycles. The number of anilines is 1. The van der Waals surface area contributed by atoms with Crippen LogP contribution >= 0.6 is 0 Å². The van der Waals surface area contributed by atoms with Crippen LogP contribution in [0.25, 0.3) is 11.0 Å². The molecule has 0 amide bonds. The highest BCUT2D eigenvalue weighted by Gasteiger charge is 2.32. The van der Waals surface area contributed by atoms with Crippen molar-refractivity contribution in [3.63, 3.8) is 0 Å². The molecule has 4 heteroatoms. The number of aromatic nitrogens is 3. The summed E-state index contributed by atoms with van der Waals surface area (Å²) in [6, 6.07) is 0.660. The SMILES string of the molecule is Nc1ncnc2c3c(n(C4CC4)c12)CCCC3. The van der Waals surface area contributed by atoms with Crippen LogP contribution in [0.3, 0.4) is 0 Å². The van der Waals surface area contributed by atoms with Crippen molar-refractivity contribution in [1.29, 1.82) is 0 Å². The van der Waals surface area contributed by atoms with Gasteiger partial charge in [0.05, 0.1) is 5.52 Å². The van der Waals surface area contributed by atoms with Gasteiger partial charge in [0.15, 0.2) is 5.82 Å². The predicted octanol–water partition coefficient (Wildman–Crippen LogP) is 2.23. The monoisotopic (exact) mass is 228 g/mol. The van der Waals surface area contributed by atoms with Crippen LogP contribution in [0.15, 0.2) is 6.33 Å². The van der Waals surface area contributed by atoms with Crippen molar-refractivity contribution < 1.29 is 0 Å². The van der Waals surface area contributed by atoms with Crippen LogP contribution in [-0.2, 0) is 12.8 Å². The van der Waals surface area contributed by atoms with Gasteiger partial charge in [0.25, 0.3) is 0 Å². The molecule has 2 aliphatic rings. The molecule has 0 aliphatic heterocycles. The van der Waals surface area contributed by atoms with Crippen molar-refractivity contribution >= 4 is 16.9 Å². The van der Waals surface area contributed by atoms with E-state index in [0.717, 1.165) is 17.5 Å². The number of nitrogen functional groups attached to an aromatic ring is 1. The predicted molar refractivity (Wildman–Crippen MR) is 66.9 cm³/mol. The average molecular weight is 228 g/mol. The van der Waals surface area contributed by atoms with Gasteiger partial charge in [-0.1, -0.05) is 0 Å². The Labute approximate surface area is 99.9 Å². The first kappa shape index (κ1) is 9.45. The van der Waals surface area contributed by atoms with Crippen LogP contribution in [0.2, 0.25) is 0 Å². The minimum atomic E-state index is 0.649. The molecule has 0 spiro atoms. The Morgan fingerprint density at radius 1 is 1.18 bits per heavy atom. The summed E-state index contributed by atoms with van der Waals surface area (Å²) >= 11 is 0. The minimum absolute atomic E-state index is 0.649. The van der Waals surface area contributed by atoms with Crippen molar-refractivity contribution in [2.24, 2.45) is 0 Å². The molecule has 2 aliphatic carbocycles. The van der Waals surface area contributed by atoms with E-state index < -0.39 is 0 Å². The Morgan fingerprint density at radius 2 is 2.00 bits per heavy atom. The van der Waals surface area contributed by atoms with Gasteiger partial charge in [-0.15, -0.1) is 0 Å². The van der Waals surface area contributed by atoms with E-state index in [9.17, 15) is 0 Å². The Balaban J connectivity index is 2.11. The van der Waals surface area contributed by atoms with E-state index in [4.69, 9.17) is 5.73 Å². The van der Waals surface area contributed by atoms with Gasteiger partial charge < -0.3 is 10.3 Å². The lowest BCUT2D eigenvalue weighted by Gasteiger charge is -2.15. The molecular formula is C13H16N4. The van der Waals surface area contributed by atoms with E-state index in [0.29, 0.717) is 11.9 Å². The van der Waals surface area contributed by atoms with E-state index >= 15 is 0 Å². The molecule has 0 radical (unpaired) electrons.